The molecule has 1 rings (SSSR count). The molecule has 1 aromatic rings. The quantitative estimate of drug-likeness (QED) is 0.589. The van der Waals surface area contributed by atoms with Crippen molar-refractivity contribution in [1.82, 2.24) is 5.32 Å². The molecule has 0 aliphatic heterocycles. The molecule has 0 aliphatic rings. The van der Waals surface area contributed by atoms with Crippen molar-refractivity contribution in [2.75, 3.05) is 12.4 Å². The van der Waals surface area contributed by atoms with Crippen LogP contribution in [0.1, 0.15) is 36.0 Å². The van der Waals surface area contributed by atoms with E-state index in [-0.39, 0.29) is 11.5 Å². The van der Waals surface area contributed by atoms with Crippen LogP contribution in [0.3, 0.4) is 0 Å². The number of halogens is 2. The largest absolute Gasteiger partial charge is 0.352 e. The molecule has 0 bridgehead atoms. The number of rotatable bonds is 7. The third-order valence-corrected chi connectivity index (χ3v) is 2.73. The lowest BCUT2D eigenvalue weighted by Gasteiger charge is -2.05. The van der Waals surface area contributed by atoms with E-state index in [0.717, 1.165) is 25.7 Å². The van der Waals surface area contributed by atoms with Crippen molar-refractivity contribution in [2.24, 2.45) is 0 Å². The van der Waals surface area contributed by atoms with Crippen LogP contribution in [-0.4, -0.2) is 18.3 Å². The fourth-order valence-electron chi connectivity index (χ4n) is 1.52. The highest BCUT2D eigenvalue weighted by molar-refractivity contribution is 6.17. The maximum absolute atomic E-state index is 13.2. The highest BCUT2D eigenvalue weighted by atomic mass is 35.5. The van der Waals surface area contributed by atoms with Crippen molar-refractivity contribution in [2.45, 2.75) is 25.7 Å². The molecule has 0 saturated carbocycles. The highest BCUT2D eigenvalue weighted by Crippen LogP contribution is 2.06. The average Bonchev–Trinajstić information content (AvgIpc) is 2.34. The van der Waals surface area contributed by atoms with Gasteiger partial charge in [0, 0.05) is 12.4 Å². The zero-order valence-corrected chi connectivity index (χ0v) is 10.5. The first-order valence-corrected chi connectivity index (χ1v) is 6.38. The Bertz CT molecular complexity index is 357. The average molecular weight is 258 g/mol. The van der Waals surface area contributed by atoms with E-state index in [0.29, 0.717) is 12.4 Å². The molecule has 0 spiro atoms. The van der Waals surface area contributed by atoms with E-state index < -0.39 is 5.82 Å². The van der Waals surface area contributed by atoms with Crippen LogP contribution in [0.4, 0.5) is 4.39 Å². The molecular formula is C13H17ClFNO. The van der Waals surface area contributed by atoms with Crippen LogP contribution in [0.15, 0.2) is 24.3 Å². The van der Waals surface area contributed by atoms with Gasteiger partial charge in [-0.2, -0.15) is 0 Å². The topological polar surface area (TPSA) is 29.1 Å². The molecule has 2 nitrogen and oxygen atoms in total. The first-order valence-electron chi connectivity index (χ1n) is 5.84. The van der Waals surface area contributed by atoms with Crippen molar-refractivity contribution in [3.63, 3.8) is 0 Å². The Morgan fingerprint density at radius 3 is 2.59 bits per heavy atom. The summed E-state index contributed by atoms with van der Waals surface area (Å²) in [5.74, 6) is -0.144. The predicted molar refractivity (Wildman–Crippen MR) is 67.9 cm³/mol. The molecule has 0 saturated heterocycles. The van der Waals surface area contributed by atoms with Gasteiger partial charge in [-0.25, -0.2) is 4.39 Å². The standard InChI is InChI=1S/C13H17ClFNO/c14-9-5-1-2-6-10-16-13(17)11-7-3-4-8-12(11)15/h3-4,7-8H,1-2,5-6,9-10H2,(H,16,17). The molecule has 0 heterocycles. The number of alkyl halides is 1. The van der Waals surface area contributed by atoms with E-state index >= 15 is 0 Å². The number of carbonyl (C=O) groups is 1. The summed E-state index contributed by atoms with van der Waals surface area (Å²) < 4.78 is 13.2. The van der Waals surface area contributed by atoms with Crippen molar-refractivity contribution < 1.29 is 9.18 Å². The summed E-state index contributed by atoms with van der Waals surface area (Å²) in [5, 5.41) is 2.70. The van der Waals surface area contributed by atoms with Crippen LogP contribution in [0, 0.1) is 5.82 Å². The lowest BCUT2D eigenvalue weighted by molar-refractivity contribution is 0.0949. The normalized spacial score (nSPS) is 10.2. The van der Waals surface area contributed by atoms with Crippen molar-refractivity contribution in [3.05, 3.63) is 35.6 Å². The van der Waals surface area contributed by atoms with Gasteiger partial charge in [0.25, 0.3) is 5.91 Å². The summed E-state index contributed by atoms with van der Waals surface area (Å²) in [6.07, 6.45) is 4.00. The summed E-state index contributed by atoms with van der Waals surface area (Å²) in [6, 6.07) is 5.99. The fourth-order valence-corrected chi connectivity index (χ4v) is 1.70. The number of hydrogen-bond acceptors (Lipinski definition) is 1. The Balaban J connectivity index is 2.24. The van der Waals surface area contributed by atoms with Crippen LogP contribution in [0.25, 0.3) is 0 Å². The van der Waals surface area contributed by atoms with Crippen LogP contribution >= 0.6 is 11.6 Å². The number of carbonyl (C=O) groups excluding carboxylic acids is 1. The molecule has 1 amide bonds. The number of hydrogen-bond donors (Lipinski definition) is 1. The molecule has 0 unspecified atom stereocenters. The van der Waals surface area contributed by atoms with Crippen molar-refractivity contribution >= 4 is 17.5 Å². The molecule has 0 aliphatic carbocycles. The van der Waals surface area contributed by atoms with Crippen LogP contribution in [0.2, 0.25) is 0 Å². The van der Waals surface area contributed by atoms with Gasteiger partial charge in [0.05, 0.1) is 5.56 Å². The van der Waals surface area contributed by atoms with Crippen LogP contribution < -0.4 is 5.32 Å². The predicted octanol–water partition coefficient (Wildman–Crippen LogP) is 3.35. The molecule has 1 aromatic carbocycles. The van der Waals surface area contributed by atoms with Gasteiger partial charge < -0.3 is 5.32 Å². The minimum Gasteiger partial charge on any atom is -0.352 e. The number of nitrogens with one attached hydrogen (secondary N) is 1. The van der Waals surface area contributed by atoms with E-state index in [2.05, 4.69) is 5.32 Å². The minimum atomic E-state index is -0.479. The van der Waals surface area contributed by atoms with Gasteiger partial charge in [0.1, 0.15) is 5.82 Å². The molecule has 0 atom stereocenters. The van der Waals surface area contributed by atoms with Gasteiger partial charge in [-0.3, -0.25) is 4.79 Å². The smallest absolute Gasteiger partial charge is 0.254 e. The summed E-state index contributed by atoms with van der Waals surface area (Å²) in [4.78, 5) is 11.6. The Morgan fingerprint density at radius 2 is 1.88 bits per heavy atom. The molecule has 94 valence electrons. The fraction of sp³-hybridized carbons (Fsp3) is 0.462. The third kappa shape index (κ3) is 5.18. The molecule has 0 aromatic heterocycles. The van der Waals surface area contributed by atoms with Crippen LogP contribution in [-0.2, 0) is 0 Å². The first-order chi connectivity index (χ1) is 8.25. The maximum atomic E-state index is 13.2. The molecular weight excluding hydrogens is 241 g/mol. The zero-order chi connectivity index (χ0) is 12.5. The van der Waals surface area contributed by atoms with Crippen molar-refractivity contribution in [1.29, 1.82) is 0 Å². The van der Waals surface area contributed by atoms with E-state index in [1.807, 2.05) is 0 Å². The van der Waals surface area contributed by atoms with Gasteiger partial charge in [-0.1, -0.05) is 25.0 Å². The molecule has 0 fully saturated rings. The highest BCUT2D eigenvalue weighted by Gasteiger charge is 2.09. The molecule has 0 radical (unpaired) electrons. The summed E-state index contributed by atoms with van der Waals surface area (Å²) in [5.41, 5.74) is 0.105. The van der Waals surface area contributed by atoms with E-state index in [9.17, 15) is 9.18 Å². The lowest BCUT2D eigenvalue weighted by atomic mass is 10.2. The van der Waals surface area contributed by atoms with Gasteiger partial charge in [-0.05, 0) is 25.0 Å². The van der Waals surface area contributed by atoms with E-state index in [4.69, 9.17) is 11.6 Å². The molecule has 4 heteroatoms. The van der Waals surface area contributed by atoms with E-state index in [1.54, 1.807) is 12.1 Å². The van der Waals surface area contributed by atoms with Crippen LogP contribution in [0.5, 0.6) is 0 Å². The van der Waals surface area contributed by atoms with Gasteiger partial charge in [0.2, 0.25) is 0 Å². The number of benzene rings is 1. The monoisotopic (exact) mass is 257 g/mol. The van der Waals surface area contributed by atoms with Gasteiger partial charge in [-0.15, -0.1) is 11.6 Å². The molecule has 1 N–H and O–H groups in total. The lowest BCUT2D eigenvalue weighted by Crippen LogP contribution is -2.25. The Hall–Kier alpha value is -1.09. The summed E-state index contributed by atoms with van der Waals surface area (Å²) in [7, 11) is 0. The maximum Gasteiger partial charge on any atom is 0.254 e. The second-order valence-corrected chi connectivity index (χ2v) is 4.22. The summed E-state index contributed by atoms with van der Waals surface area (Å²) >= 11 is 5.55. The number of unbranched alkanes of at least 4 members (excludes halogenated alkanes) is 3. The first kappa shape index (κ1) is 14.0. The van der Waals surface area contributed by atoms with Crippen molar-refractivity contribution in [3.8, 4) is 0 Å². The second-order valence-electron chi connectivity index (χ2n) is 3.84. The minimum absolute atomic E-state index is 0.105. The van der Waals surface area contributed by atoms with E-state index in [1.165, 1.54) is 12.1 Å². The Kier molecular flexibility index (Phi) is 6.63. The summed E-state index contributed by atoms with van der Waals surface area (Å²) in [6.45, 7) is 0.579. The zero-order valence-electron chi connectivity index (χ0n) is 9.72. The van der Waals surface area contributed by atoms with Gasteiger partial charge >= 0.3 is 0 Å². The SMILES string of the molecule is O=C(NCCCCCCCl)c1ccccc1F. The third-order valence-electron chi connectivity index (χ3n) is 2.46. The Morgan fingerprint density at radius 1 is 1.18 bits per heavy atom. The van der Waals surface area contributed by atoms with Gasteiger partial charge in [0.15, 0.2) is 0 Å². The molecule has 17 heavy (non-hydrogen) atoms. The second kappa shape index (κ2) is 8.07. The Labute approximate surface area is 106 Å². The number of amides is 1.